The normalized spacial score (nSPS) is 14.4. The fraction of sp³-hybridized carbons (Fsp3) is 0.409. The van der Waals surface area contributed by atoms with Gasteiger partial charge < -0.3 is 19.7 Å². The van der Waals surface area contributed by atoms with Gasteiger partial charge in [-0.15, -0.1) is 0 Å². The van der Waals surface area contributed by atoms with Gasteiger partial charge in [-0.25, -0.2) is 0 Å². The van der Waals surface area contributed by atoms with Crippen LogP contribution in [0.1, 0.15) is 12.0 Å². The highest BCUT2D eigenvalue weighted by molar-refractivity contribution is 7.80. The van der Waals surface area contributed by atoms with Crippen LogP contribution in [-0.2, 0) is 11.3 Å². The molecule has 7 heteroatoms. The maximum absolute atomic E-state index is 6.04. The molecule has 0 radical (unpaired) electrons. The highest BCUT2D eigenvalue weighted by Crippen LogP contribution is 2.18. The van der Waals surface area contributed by atoms with Gasteiger partial charge in [0.2, 0.25) is 0 Å². The average Bonchev–Trinajstić information content (AvgIpc) is 2.75. The number of rotatable bonds is 8. The molecule has 1 N–H and O–H groups in total. The molecule has 1 aliphatic heterocycles. The fourth-order valence-electron chi connectivity index (χ4n) is 3.28. The predicted octanol–water partition coefficient (Wildman–Crippen LogP) is 4.27. The molecule has 1 heterocycles. The lowest BCUT2D eigenvalue weighted by molar-refractivity contribution is 0.0368. The largest absolute Gasteiger partial charge is 0.497 e. The number of nitrogens with one attached hydrogen (secondary N) is 1. The monoisotopic (exact) mass is 433 g/mol. The zero-order valence-electron chi connectivity index (χ0n) is 16.8. The molecule has 2 aromatic rings. The molecule has 29 heavy (non-hydrogen) atoms. The van der Waals surface area contributed by atoms with Crippen LogP contribution in [0.3, 0.4) is 0 Å². The van der Waals surface area contributed by atoms with Gasteiger partial charge in [-0.2, -0.15) is 0 Å². The zero-order valence-corrected chi connectivity index (χ0v) is 18.3. The second kappa shape index (κ2) is 11.4. The number of morpholine rings is 1. The van der Waals surface area contributed by atoms with E-state index in [-0.39, 0.29) is 0 Å². The van der Waals surface area contributed by atoms with E-state index in [4.69, 9.17) is 33.3 Å². The van der Waals surface area contributed by atoms with Crippen LogP contribution in [-0.4, -0.2) is 61.4 Å². The van der Waals surface area contributed by atoms with E-state index in [2.05, 4.69) is 15.1 Å². The maximum atomic E-state index is 6.04. The molecule has 0 unspecified atom stereocenters. The Bertz CT molecular complexity index is 782. The van der Waals surface area contributed by atoms with Gasteiger partial charge in [0.15, 0.2) is 5.11 Å². The van der Waals surface area contributed by atoms with E-state index in [1.165, 1.54) is 5.56 Å². The second-order valence-electron chi connectivity index (χ2n) is 7.02. The molecule has 0 atom stereocenters. The van der Waals surface area contributed by atoms with Gasteiger partial charge in [0.1, 0.15) is 5.75 Å². The van der Waals surface area contributed by atoms with Crippen LogP contribution in [0, 0.1) is 0 Å². The first-order valence-electron chi connectivity index (χ1n) is 9.88. The first-order chi connectivity index (χ1) is 14.1. The topological polar surface area (TPSA) is 37.0 Å². The molecule has 0 aliphatic carbocycles. The van der Waals surface area contributed by atoms with E-state index in [1.807, 2.05) is 48.5 Å². The number of anilines is 1. The highest BCUT2D eigenvalue weighted by atomic mass is 35.5. The van der Waals surface area contributed by atoms with Gasteiger partial charge in [0.05, 0.1) is 20.3 Å². The van der Waals surface area contributed by atoms with E-state index in [1.54, 1.807) is 7.11 Å². The summed E-state index contributed by atoms with van der Waals surface area (Å²) in [4.78, 5) is 4.65. The van der Waals surface area contributed by atoms with Crippen molar-refractivity contribution in [3.8, 4) is 5.75 Å². The van der Waals surface area contributed by atoms with Gasteiger partial charge >= 0.3 is 0 Å². The smallest absolute Gasteiger partial charge is 0.173 e. The number of hydrogen-bond donors (Lipinski definition) is 1. The summed E-state index contributed by atoms with van der Waals surface area (Å²) in [6.07, 6.45) is 1.04. The molecule has 1 fully saturated rings. The van der Waals surface area contributed by atoms with E-state index >= 15 is 0 Å². The first-order valence-corrected chi connectivity index (χ1v) is 10.7. The number of methoxy groups -OCH3 is 1. The Morgan fingerprint density at radius 3 is 2.69 bits per heavy atom. The average molecular weight is 434 g/mol. The third kappa shape index (κ3) is 7.16. The summed E-state index contributed by atoms with van der Waals surface area (Å²) in [6, 6.07) is 15.7. The predicted molar refractivity (Wildman–Crippen MR) is 123 cm³/mol. The standard InChI is InChI=1S/C22H28ClN3O2S/c1-27-21-5-2-4-20(16-21)24-22(29)26(17-18-6-8-19(23)9-7-18)11-3-10-25-12-14-28-15-13-25/h2,4-9,16H,3,10-15,17H2,1H3,(H,24,29). The number of hydrogen-bond acceptors (Lipinski definition) is 4. The van der Waals surface area contributed by atoms with Crippen LogP contribution < -0.4 is 10.1 Å². The summed E-state index contributed by atoms with van der Waals surface area (Å²) in [5.41, 5.74) is 2.10. The maximum Gasteiger partial charge on any atom is 0.173 e. The van der Waals surface area contributed by atoms with Gasteiger partial charge in [-0.3, -0.25) is 4.90 Å². The van der Waals surface area contributed by atoms with Crippen LogP contribution in [0.5, 0.6) is 5.75 Å². The molecule has 0 saturated carbocycles. The Labute approximate surface area is 183 Å². The molecule has 0 amide bonds. The quantitative estimate of drug-likeness (QED) is 0.626. The van der Waals surface area contributed by atoms with E-state index in [9.17, 15) is 0 Å². The van der Waals surface area contributed by atoms with Crippen molar-refractivity contribution in [3.63, 3.8) is 0 Å². The van der Waals surface area contributed by atoms with Crippen molar-refractivity contribution >= 4 is 34.6 Å². The van der Waals surface area contributed by atoms with Gasteiger partial charge in [0, 0.05) is 49.5 Å². The highest BCUT2D eigenvalue weighted by Gasteiger charge is 2.14. The number of ether oxygens (including phenoxy) is 2. The van der Waals surface area contributed by atoms with Gasteiger partial charge in [-0.05, 0) is 48.5 Å². The van der Waals surface area contributed by atoms with Gasteiger partial charge in [0.25, 0.3) is 0 Å². The van der Waals surface area contributed by atoms with E-state index in [0.717, 1.165) is 68.8 Å². The summed E-state index contributed by atoms with van der Waals surface area (Å²) < 4.78 is 10.7. The molecule has 3 rings (SSSR count). The molecule has 0 aromatic heterocycles. The fourth-order valence-corrected chi connectivity index (χ4v) is 3.68. The lowest BCUT2D eigenvalue weighted by atomic mass is 10.2. The van der Waals surface area contributed by atoms with Crippen molar-refractivity contribution < 1.29 is 9.47 Å². The molecule has 5 nitrogen and oxygen atoms in total. The zero-order chi connectivity index (χ0) is 20.5. The molecular weight excluding hydrogens is 406 g/mol. The first kappa shape index (κ1) is 21.8. The van der Waals surface area contributed by atoms with Crippen molar-refractivity contribution in [2.24, 2.45) is 0 Å². The molecule has 0 spiro atoms. The molecule has 0 bridgehead atoms. The minimum atomic E-state index is 0.704. The van der Waals surface area contributed by atoms with Crippen LogP contribution in [0.4, 0.5) is 5.69 Å². The minimum Gasteiger partial charge on any atom is -0.497 e. The molecule has 1 saturated heterocycles. The molecule has 2 aromatic carbocycles. The lowest BCUT2D eigenvalue weighted by Crippen LogP contribution is -2.40. The van der Waals surface area contributed by atoms with Crippen molar-refractivity contribution in [2.45, 2.75) is 13.0 Å². The number of halogens is 1. The lowest BCUT2D eigenvalue weighted by Gasteiger charge is -2.29. The SMILES string of the molecule is COc1cccc(NC(=S)N(CCCN2CCOCC2)Cc2ccc(Cl)cc2)c1. The minimum absolute atomic E-state index is 0.704. The summed E-state index contributed by atoms with van der Waals surface area (Å²) in [5, 5.41) is 4.80. The van der Waals surface area contributed by atoms with Crippen molar-refractivity contribution in [2.75, 3.05) is 51.8 Å². The van der Waals surface area contributed by atoms with E-state index < -0.39 is 0 Å². The summed E-state index contributed by atoms with van der Waals surface area (Å²) in [5.74, 6) is 0.800. The van der Waals surface area contributed by atoms with E-state index in [0.29, 0.717) is 5.11 Å². The second-order valence-corrected chi connectivity index (χ2v) is 7.84. The number of benzene rings is 2. The van der Waals surface area contributed by atoms with Crippen molar-refractivity contribution in [1.29, 1.82) is 0 Å². The Hall–Kier alpha value is -1.86. The number of thiocarbonyl (C=S) groups is 1. The van der Waals surface area contributed by atoms with Gasteiger partial charge in [-0.1, -0.05) is 29.8 Å². The molecule has 156 valence electrons. The Kier molecular flexibility index (Phi) is 8.55. The Morgan fingerprint density at radius 1 is 1.21 bits per heavy atom. The van der Waals surface area contributed by atoms with Crippen LogP contribution in [0.25, 0.3) is 0 Å². The Morgan fingerprint density at radius 2 is 1.97 bits per heavy atom. The van der Waals surface area contributed by atoms with Crippen molar-refractivity contribution in [3.05, 3.63) is 59.1 Å². The van der Waals surface area contributed by atoms with Crippen LogP contribution in [0.2, 0.25) is 5.02 Å². The molecule has 1 aliphatic rings. The van der Waals surface area contributed by atoms with Crippen LogP contribution >= 0.6 is 23.8 Å². The third-order valence-corrected chi connectivity index (χ3v) is 5.51. The molecular formula is C22H28ClN3O2S. The summed E-state index contributed by atoms with van der Waals surface area (Å²) in [6.45, 7) is 6.30. The summed E-state index contributed by atoms with van der Waals surface area (Å²) in [7, 11) is 1.66. The van der Waals surface area contributed by atoms with Crippen molar-refractivity contribution in [1.82, 2.24) is 9.80 Å². The number of nitrogens with zero attached hydrogens (tertiary/aromatic N) is 2. The third-order valence-electron chi connectivity index (χ3n) is 4.90. The van der Waals surface area contributed by atoms with Crippen LogP contribution in [0.15, 0.2) is 48.5 Å². The Balaban J connectivity index is 1.62. The summed E-state index contributed by atoms with van der Waals surface area (Å²) >= 11 is 11.8.